The lowest BCUT2D eigenvalue weighted by molar-refractivity contribution is 0.0327. The fourth-order valence-electron chi connectivity index (χ4n) is 5.56. The second-order valence-electron chi connectivity index (χ2n) is 9.50. The summed E-state index contributed by atoms with van der Waals surface area (Å²) < 4.78 is 11.9. The van der Waals surface area contributed by atoms with Crippen molar-refractivity contribution in [3.8, 4) is 5.75 Å². The molecule has 30 heavy (non-hydrogen) atoms. The molecule has 0 N–H and O–H groups in total. The molecule has 0 aliphatic heterocycles. The molecule has 4 rings (SSSR count). The summed E-state index contributed by atoms with van der Waals surface area (Å²) in [6.45, 7) is 2.21. The molecule has 2 fully saturated rings. The van der Waals surface area contributed by atoms with Gasteiger partial charge in [0.1, 0.15) is 5.75 Å². The van der Waals surface area contributed by atoms with Crippen LogP contribution in [0, 0.1) is 6.92 Å². The highest BCUT2D eigenvalue weighted by Crippen LogP contribution is 2.38. The predicted octanol–water partition coefficient (Wildman–Crippen LogP) is 7.55. The standard InChI is InChI=1S/C28H38O2/c1-21-18-25(20-28(19-21)30-27-16-14-26(29-2)15-17-27)24-12-6-10-23(11-7-13-24)22-8-4-3-5-9-22/h3-5,8-9,18-20,23-24,26-27H,6-7,10-17H2,1-2H3. The zero-order valence-electron chi connectivity index (χ0n) is 18.8. The van der Waals surface area contributed by atoms with Gasteiger partial charge in [0.25, 0.3) is 0 Å². The lowest BCUT2D eigenvalue weighted by Gasteiger charge is -2.29. The fraction of sp³-hybridized carbons (Fsp3) is 0.571. The van der Waals surface area contributed by atoms with Crippen LogP contribution in [0.3, 0.4) is 0 Å². The summed E-state index contributed by atoms with van der Waals surface area (Å²) >= 11 is 0. The topological polar surface area (TPSA) is 18.5 Å². The van der Waals surface area contributed by atoms with Gasteiger partial charge in [-0.25, -0.2) is 0 Å². The third-order valence-electron chi connectivity index (χ3n) is 7.28. The van der Waals surface area contributed by atoms with E-state index in [1.165, 1.54) is 55.2 Å². The maximum absolute atomic E-state index is 6.44. The fourth-order valence-corrected chi connectivity index (χ4v) is 5.56. The summed E-state index contributed by atoms with van der Waals surface area (Å²) in [6, 6.07) is 18.1. The lowest BCUT2D eigenvalue weighted by atomic mass is 9.80. The third kappa shape index (κ3) is 5.66. The van der Waals surface area contributed by atoms with Crippen LogP contribution < -0.4 is 4.74 Å². The van der Waals surface area contributed by atoms with Crippen LogP contribution in [0.5, 0.6) is 5.75 Å². The minimum Gasteiger partial charge on any atom is -0.490 e. The monoisotopic (exact) mass is 406 g/mol. The Kier molecular flexibility index (Phi) is 7.49. The van der Waals surface area contributed by atoms with Crippen molar-refractivity contribution < 1.29 is 9.47 Å². The number of benzene rings is 2. The van der Waals surface area contributed by atoms with Gasteiger partial charge in [-0.1, -0.05) is 49.2 Å². The largest absolute Gasteiger partial charge is 0.490 e. The normalized spacial score (nSPS) is 27.8. The van der Waals surface area contributed by atoms with E-state index >= 15 is 0 Å². The molecule has 0 aromatic heterocycles. The maximum atomic E-state index is 6.44. The summed E-state index contributed by atoms with van der Waals surface area (Å²) in [5.74, 6) is 2.49. The van der Waals surface area contributed by atoms with Crippen LogP contribution >= 0.6 is 0 Å². The Hall–Kier alpha value is -1.80. The molecule has 2 saturated carbocycles. The Bertz CT molecular complexity index is 766. The Morgan fingerprint density at radius 3 is 1.90 bits per heavy atom. The van der Waals surface area contributed by atoms with Crippen molar-refractivity contribution >= 4 is 0 Å². The number of aryl methyl sites for hydroxylation is 1. The highest BCUT2D eigenvalue weighted by Gasteiger charge is 2.23. The molecule has 0 heterocycles. The van der Waals surface area contributed by atoms with Gasteiger partial charge >= 0.3 is 0 Å². The Morgan fingerprint density at radius 2 is 1.27 bits per heavy atom. The van der Waals surface area contributed by atoms with Crippen LogP contribution in [0.25, 0.3) is 0 Å². The Balaban J connectivity index is 1.37. The van der Waals surface area contributed by atoms with Crippen molar-refractivity contribution in [1.29, 1.82) is 0 Å². The zero-order chi connectivity index (χ0) is 20.8. The summed E-state index contributed by atoms with van der Waals surface area (Å²) in [4.78, 5) is 0. The highest BCUT2D eigenvalue weighted by atomic mass is 16.5. The van der Waals surface area contributed by atoms with E-state index in [-0.39, 0.29) is 0 Å². The predicted molar refractivity (Wildman–Crippen MR) is 124 cm³/mol. The average molecular weight is 407 g/mol. The van der Waals surface area contributed by atoms with E-state index in [0.29, 0.717) is 18.1 Å². The van der Waals surface area contributed by atoms with Crippen LogP contribution in [0.15, 0.2) is 48.5 Å². The molecular formula is C28H38O2. The second-order valence-corrected chi connectivity index (χ2v) is 9.50. The van der Waals surface area contributed by atoms with Gasteiger partial charge in [0.2, 0.25) is 0 Å². The molecule has 2 aliphatic rings. The Morgan fingerprint density at radius 1 is 0.667 bits per heavy atom. The molecule has 2 nitrogen and oxygen atoms in total. The molecular weight excluding hydrogens is 368 g/mol. The third-order valence-corrected chi connectivity index (χ3v) is 7.28. The van der Waals surface area contributed by atoms with Crippen molar-refractivity contribution in [3.63, 3.8) is 0 Å². The molecule has 0 radical (unpaired) electrons. The van der Waals surface area contributed by atoms with E-state index in [2.05, 4.69) is 55.5 Å². The van der Waals surface area contributed by atoms with Crippen molar-refractivity contribution in [1.82, 2.24) is 0 Å². The first-order valence-electron chi connectivity index (χ1n) is 12.1. The van der Waals surface area contributed by atoms with Gasteiger partial charge < -0.3 is 9.47 Å². The highest BCUT2D eigenvalue weighted by molar-refractivity contribution is 5.36. The second kappa shape index (κ2) is 10.5. The molecule has 0 atom stereocenters. The molecule has 0 spiro atoms. The minimum atomic E-state index is 0.343. The van der Waals surface area contributed by atoms with Crippen LogP contribution in [0.4, 0.5) is 0 Å². The van der Waals surface area contributed by atoms with E-state index in [1.807, 2.05) is 7.11 Å². The number of methoxy groups -OCH3 is 1. The number of hydrogen-bond donors (Lipinski definition) is 0. The van der Waals surface area contributed by atoms with Gasteiger partial charge in [-0.3, -0.25) is 0 Å². The Labute approximate surface area is 183 Å². The SMILES string of the molecule is COC1CCC(Oc2cc(C)cc(C3CCCC(c4ccccc4)CCC3)c2)CC1. The van der Waals surface area contributed by atoms with E-state index < -0.39 is 0 Å². The average Bonchev–Trinajstić information content (AvgIpc) is 2.74. The van der Waals surface area contributed by atoms with E-state index in [9.17, 15) is 0 Å². The van der Waals surface area contributed by atoms with Crippen LogP contribution in [-0.4, -0.2) is 19.3 Å². The molecule has 0 amide bonds. The molecule has 2 heteroatoms. The quantitative estimate of drug-likeness (QED) is 0.510. The van der Waals surface area contributed by atoms with Crippen LogP contribution in [-0.2, 0) is 4.74 Å². The van der Waals surface area contributed by atoms with Gasteiger partial charge in [0.15, 0.2) is 0 Å². The number of ether oxygens (including phenoxy) is 2. The first-order chi connectivity index (χ1) is 14.7. The lowest BCUT2D eigenvalue weighted by Crippen LogP contribution is -2.27. The zero-order valence-corrected chi connectivity index (χ0v) is 18.8. The molecule has 2 aromatic rings. The number of hydrogen-bond acceptors (Lipinski definition) is 2. The van der Waals surface area contributed by atoms with Crippen molar-refractivity contribution in [2.45, 2.75) is 95.2 Å². The van der Waals surface area contributed by atoms with Gasteiger partial charge in [-0.2, -0.15) is 0 Å². The van der Waals surface area contributed by atoms with Gasteiger partial charge in [0, 0.05) is 7.11 Å². The van der Waals surface area contributed by atoms with Crippen molar-refractivity contribution in [2.75, 3.05) is 7.11 Å². The minimum absolute atomic E-state index is 0.343. The molecule has 0 saturated heterocycles. The first kappa shape index (κ1) is 21.4. The van der Waals surface area contributed by atoms with Gasteiger partial charge in [-0.05, 0) is 98.9 Å². The maximum Gasteiger partial charge on any atom is 0.120 e. The van der Waals surface area contributed by atoms with Crippen molar-refractivity contribution in [3.05, 3.63) is 65.2 Å². The summed E-state index contributed by atoms with van der Waals surface area (Å²) in [6.07, 6.45) is 13.1. The molecule has 162 valence electrons. The molecule has 0 unspecified atom stereocenters. The molecule has 2 aromatic carbocycles. The summed E-state index contributed by atoms with van der Waals surface area (Å²) in [5.41, 5.74) is 4.36. The summed E-state index contributed by atoms with van der Waals surface area (Å²) in [5, 5.41) is 0. The molecule has 0 bridgehead atoms. The van der Waals surface area contributed by atoms with Crippen LogP contribution in [0.1, 0.15) is 92.7 Å². The first-order valence-corrected chi connectivity index (χ1v) is 12.1. The van der Waals surface area contributed by atoms with Gasteiger partial charge in [0.05, 0.1) is 12.2 Å². The molecule has 2 aliphatic carbocycles. The van der Waals surface area contributed by atoms with Crippen molar-refractivity contribution in [2.24, 2.45) is 0 Å². The summed E-state index contributed by atoms with van der Waals surface area (Å²) in [7, 11) is 1.83. The van der Waals surface area contributed by atoms with E-state index in [4.69, 9.17) is 9.47 Å². The van der Waals surface area contributed by atoms with Crippen LogP contribution in [0.2, 0.25) is 0 Å². The smallest absolute Gasteiger partial charge is 0.120 e. The number of rotatable bonds is 5. The van der Waals surface area contributed by atoms with E-state index in [0.717, 1.165) is 37.4 Å². The van der Waals surface area contributed by atoms with Gasteiger partial charge in [-0.15, -0.1) is 0 Å². The van der Waals surface area contributed by atoms with E-state index in [1.54, 1.807) is 0 Å².